The Morgan fingerprint density at radius 1 is 1.39 bits per heavy atom. The van der Waals surface area contributed by atoms with Crippen LogP contribution in [0.3, 0.4) is 0 Å². The van der Waals surface area contributed by atoms with Crippen LogP contribution in [0.1, 0.15) is 42.7 Å². The van der Waals surface area contributed by atoms with E-state index in [9.17, 15) is 13.6 Å². The molecule has 1 aliphatic heterocycles. The van der Waals surface area contributed by atoms with Crippen LogP contribution < -0.4 is 5.73 Å². The molecule has 0 radical (unpaired) electrons. The first kappa shape index (κ1) is 24.6. The number of piperidine rings is 1. The zero-order chi connectivity index (χ0) is 19.1. The van der Waals surface area contributed by atoms with E-state index in [0.717, 1.165) is 10.9 Å². The zero-order valence-corrected chi connectivity index (χ0v) is 17.7. The van der Waals surface area contributed by atoms with Crippen molar-refractivity contribution in [3.05, 3.63) is 40.8 Å². The smallest absolute Gasteiger partial charge is 0.281 e. The number of aromatic nitrogens is 3. The number of carbonyl (C=O) groups excluding carboxylic acids is 1. The van der Waals surface area contributed by atoms with Gasteiger partial charge in [0.1, 0.15) is 5.69 Å². The van der Waals surface area contributed by atoms with Crippen molar-refractivity contribution in [2.45, 2.75) is 32.7 Å². The average Bonchev–Trinajstić information content (AvgIpc) is 3.02. The minimum absolute atomic E-state index is 0. The zero-order valence-electron chi connectivity index (χ0n) is 15.3. The lowest BCUT2D eigenvalue weighted by molar-refractivity contribution is 0.0523. The summed E-state index contributed by atoms with van der Waals surface area (Å²) in [5, 5.41) is 4.12. The normalized spacial score (nSPS) is 18.4. The first-order valence-corrected chi connectivity index (χ1v) is 8.62. The van der Waals surface area contributed by atoms with Gasteiger partial charge in [0, 0.05) is 25.3 Å². The number of alkyl halides is 2. The van der Waals surface area contributed by atoms with Crippen LogP contribution in [0.15, 0.2) is 24.5 Å². The second kappa shape index (κ2) is 9.35. The number of pyridine rings is 1. The monoisotopic (exact) mass is 455 g/mol. The molecule has 3 rings (SSSR count). The second-order valence-corrected chi connectivity index (χ2v) is 7.48. The summed E-state index contributed by atoms with van der Waals surface area (Å²) in [5.41, 5.74) is 5.14. The fourth-order valence-corrected chi connectivity index (χ4v) is 3.35. The highest BCUT2D eigenvalue weighted by Crippen LogP contribution is 2.32. The molecule has 0 bridgehead atoms. The summed E-state index contributed by atoms with van der Waals surface area (Å²) >= 11 is 6.05. The molecule has 1 unspecified atom stereocenters. The van der Waals surface area contributed by atoms with E-state index in [2.05, 4.69) is 10.1 Å². The topological polar surface area (TPSA) is 77.0 Å². The maximum absolute atomic E-state index is 13.8. The van der Waals surface area contributed by atoms with Gasteiger partial charge in [-0.15, -0.1) is 24.8 Å². The van der Waals surface area contributed by atoms with E-state index in [1.165, 1.54) is 12.3 Å². The third-order valence-corrected chi connectivity index (χ3v) is 5.08. The van der Waals surface area contributed by atoms with Crippen molar-refractivity contribution in [3.63, 3.8) is 0 Å². The van der Waals surface area contributed by atoms with Gasteiger partial charge in [-0.3, -0.25) is 4.79 Å². The molecule has 11 heteroatoms. The summed E-state index contributed by atoms with van der Waals surface area (Å²) < 4.78 is 28.4. The molecule has 2 N–H and O–H groups in total. The first-order chi connectivity index (χ1) is 12.2. The molecule has 156 valence electrons. The van der Waals surface area contributed by atoms with Gasteiger partial charge in [0.2, 0.25) is 0 Å². The number of hydrogen-bond donors (Lipinski definition) is 1. The van der Waals surface area contributed by atoms with Crippen molar-refractivity contribution in [1.29, 1.82) is 0 Å². The summed E-state index contributed by atoms with van der Waals surface area (Å²) in [6.07, 6.45) is 0.280. The molecule has 1 atom stereocenters. The average molecular weight is 457 g/mol. The number of carbonyl (C=O) groups is 1. The highest BCUT2D eigenvalue weighted by molar-refractivity contribution is 6.32. The third kappa shape index (κ3) is 4.56. The minimum Gasteiger partial charge on any atom is -0.338 e. The Morgan fingerprint density at radius 2 is 2.07 bits per heavy atom. The maximum Gasteiger partial charge on any atom is 0.281 e. The van der Waals surface area contributed by atoms with Crippen molar-refractivity contribution in [1.82, 2.24) is 19.7 Å². The van der Waals surface area contributed by atoms with Gasteiger partial charge in [0.15, 0.2) is 5.82 Å². The Labute approximate surface area is 179 Å². The van der Waals surface area contributed by atoms with Gasteiger partial charge in [-0.1, -0.05) is 25.4 Å². The van der Waals surface area contributed by atoms with Crippen LogP contribution in [0.25, 0.3) is 5.82 Å². The van der Waals surface area contributed by atoms with E-state index in [1.807, 2.05) is 13.8 Å². The number of likely N-dealkylation sites (tertiary alicyclic amines) is 1. The lowest BCUT2D eigenvalue weighted by atomic mass is 9.79. The van der Waals surface area contributed by atoms with Gasteiger partial charge < -0.3 is 10.6 Å². The molecule has 0 aromatic carbocycles. The molecule has 0 saturated carbocycles. The summed E-state index contributed by atoms with van der Waals surface area (Å²) in [6.45, 7) is 4.73. The lowest BCUT2D eigenvalue weighted by Gasteiger charge is -2.42. The van der Waals surface area contributed by atoms with Crippen LogP contribution in [-0.4, -0.2) is 44.7 Å². The van der Waals surface area contributed by atoms with Crippen molar-refractivity contribution < 1.29 is 13.6 Å². The molecule has 3 heterocycles. The van der Waals surface area contributed by atoms with Gasteiger partial charge >= 0.3 is 0 Å². The molecule has 1 amide bonds. The van der Waals surface area contributed by atoms with Crippen molar-refractivity contribution in [3.8, 4) is 5.82 Å². The minimum atomic E-state index is -2.91. The summed E-state index contributed by atoms with van der Waals surface area (Å²) in [7, 11) is 0. The standard InChI is InChI=1S/C17H20ClF2N5O.2ClH/c1-17(2)9-24(7-5-12(17)21)16(26)10-8-23-25(13(10)14(19)20)15-11(18)4-3-6-22-15;;/h3-4,6,8,12,14H,5,7,9,21H2,1-2H3;2*1H. The largest absolute Gasteiger partial charge is 0.338 e. The SMILES string of the molecule is CC1(C)CN(C(=O)c2cnn(-c3ncccc3Cl)c2C(F)F)CCC1N.Cl.Cl. The van der Waals surface area contributed by atoms with Crippen LogP contribution in [0.5, 0.6) is 0 Å². The molecule has 2 aromatic rings. The molecule has 6 nitrogen and oxygen atoms in total. The van der Waals surface area contributed by atoms with Gasteiger partial charge in [-0.25, -0.2) is 18.4 Å². The molecule has 1 aliphatic rings. The Bertz CT molecular complexity index is 831. The van der Waals surface area contributed by atoms with Gasteiger partial charge in [-0.2, -0.15) is 5.10 Å². The summed E-state index contributed by atoms with van der Waals surface area (Å²) in [6, 6.07) is 3.07. The molecular weight excluding hydrogens is 435 g/mol. The number of amides is 1. The quantitative estimate of drug-likeness (QED) is 0.760. The number of rotatable bonds is 3. The molecule has 0 spiro atoms. The van der Waals surface area contributed by atoms with Crippen molar-refractivity contribution in [2.75, 3.05) is 13.1 Å². The van der Waals surface area contributed by atoms with Crippen LogP contribution in [0.4, 0.5) is 8.78 Å². The molecule has 1 saturated heterocycles. The van der Waals surface area contributed by atoms with E-state index in [4.69, 9.17) is 17.3 Å². The van der Waals surface area contributed by atoms with Crippen molar-refractivity contribution in [2.24, 2.45) is 11.1 Å². The van der Waals surface area contributed by atoms with E-state index in [0.29, 0.717) is 19.5 Å². The second-order valence-electron chi connectivity index (χ2n) is 7.08. The van der Waals surface area contributed by atoms with Crippen LogP contribution >= 0.6 is 36.4 Å². The highest BCUT2D eigenvalue weighted by atomic mass is 35.5. The molecule has 2 aromatic heterocycles. The number of hydrogen-bond acceptors (Lipinski definition) is 4. The van der Waals surface area contributed by atoms with E-state index in [1.54, 1.807) is 11.0 Å². The maximum atomic E-state index is 13.8. The Kier molecular flexibility index (Phi) is 8.20. The number of nitrogens with zero attached hydrogens (tertiary/aromatic N) is 4. The van der Waals surface area contributed by atoms with Crippen LogP contribution in [0.2, 0.25) is 5.02 Å². The number of halogens is 5. The predicted octanol–water partition coefficient (Wildman–Crippen LogP) is 3.90. The predicted molar refractivity (Wildman–Crippen MR) is 108 cm³/mol. The molecule has 0 aliphatic carbocycles. The Morgan fingerprint density at radius 3 is 2.64 bits per heavy atom. The molecular formula is C17H22Cl3F2N5O. The third-order valence-electron chi connectivity index (χ3n) is 4.78. The fourth-order valence-electron chi connectivity index (χ4n) is 3.15. The van der Waals surface area contributed by atoms with Crippen molar-refractivity contribution >= 4 is 42.3 Å². The van der Waals surface area contributed by atoms with Crippen LogP contribution in [0, 0.1) is 5.41 Å². The van der Waals surface area contributed by atoms with Gasteiger partial charge in [0.05, 0.1) is 16.8 Å². The fraction of sp³-hybridized carbons (Fsp3) is 0.471. The number of nitrogens with two attached hydrogens (primary N) is 1. The van der Waals surface area contributed by atoms with E-state index < -0.39 is 18.0 Å². The van der Waals surface area contributed by atoms with Gasteiger partial charge in [0.25, 0.3) is 12.3 Å². The Hall–Kier alpha value is -1.48. The lowest BCUT2D eigenvalue weighted by Crippen LogP contribution is -2.54. The van der Waals surface area contributed by atoms with Crippen LogP contribution in [-0.2, 0) is 0 Å². The van der Waals surface area contributed by atoms with E-state index >= 15 is 0 Å². The highest BCUT2D eigenvalue weighted by Gasteiger charge is 2.37. The molecule has 1 fully saturated rings. The van der Waals surface area contributed by atoms with Gasteiger partial charge in [-0.05, 0) is 24.0 Å². The van der Waals surface area contributed by atoms with E-state index in [-0.39, 0.29) is 52.7 Å². The first-order valence-electron chi connectivity index (χ1n) is 8.24. The summed E-state index contributed by atoms with van der Waals surface area (Å²) in [4.78, 5) is 18.4. The summed E-state index contributed by atoms with van der Waals surface area (Å²) in [5.74, 6) is -0.428. The molecule has 28 heavy (non-hydrogen) atoms. The Balaban J connectivity index is 0.00000196.